The van der Waals surface area contributed by atoms with Crippen LogP contribution in [0.1, 0.15) is 15.9 Å². The second-order valence-corrected chi connectivity index (χ2v) is 8.61. The molecular weight excluding hydrogens is 418 g/mol. The van der Waals surface area contributed by atoms with Gasteiger partial charge in [-0.25, -0.2) is 17.5 Å². The first-order chi connectivity index (χ1) is 11.2. The fourth-order valence-corrected chi connectivity index (χ4v) is 3.42. The molecule has 0 spiro atoms. The van der Waals surface area contributed by atoms with Gasteiger partial charge in [-0.1, -0.05) is 39.7 Å². The predicted molar refractivity (Wildman–Crippen MR) is 95.6 cm³/mol. The standard InChI is InChI=1S/C16H15BrClNO4S/c1-19(2)24(21,22)13-5-3-4-11(8-13)10-23-16(20)14-9-12(17)6-7-15(14)18/h3-9H,10H2,1-2H3. The molecule has 0 bridgehead atoms. The lowest BCUT2D eigenvalue weighted by molar-refractivity contribution is 0.0472. The minimum atomic E-state index is -3.54. The zero-order chi connectivity index (χ0) is 17.9. The van der Waals surface area contributed by atoms with Gasteiger partial charge in [-0.3, -0.25) is 0 Å². The van der Waals surface area contributed by atoms with Gasteiger partial charge in [0.05, 0.1) is 15.5 Å². The van der Waals surface area contributed by atoms with Gasteiger partial charge in [-0.2, -0.15) is 0 Å². The molecule has 8 heteroatoms. The van der Waals surface area contributed by atoms with E-state index in [1.807, 2.05) is 0 Å². The van der Waals surface area contributed by atoms with Crippen LogP contribution in [-0.2, 0) is 21.4 Å². The van der Waals surface area contributed by atoms with Crippen molar-refractivity contribution >= 4 is 43.5 Å². The quantitative estimate of drug-likeness (QED) is 0.676. The van der Waals surface area contributed by atoms with Gasteiger partial charge in [0.2, 0.25) is 10.0 Å². The number of esters is 1. The topological polar surface area (TPSA) is 63.7 Å². The lowest BCUT2D eigenvalue weighted by atomic mass is 10.2. The van der Waals surface area contributed by atoms with Crippen molar-refractivity contribution in [1.82, 2.24) is 4.31 Å². The zero-order valence-corrected chi connectivity index (χ0v) is 16.2. The second-order valence-electron chi connectivity index (χ2n) is 5.14. The molecule has 0 radical (unpaired) electrons. The van der Waals surface area contributed by atoms with Crippen LogP contribution in [0.3, 0.4) is 0 Å². The predicted octanol–water partition coefficient (Wildman–Crippen LogP) is 3.71. The summed E-state index contributed by atoms with van der Waals surface area (Å²) in [5.41, 5.74) is 0.806. The number of ether oxygens (including phenoxy) is 1. The molecule has 0 saturated carbocycles. The Kier molecular flexibility index (Phi) is 6.03. The molecule has 0 amide bonds. The zero-order valence-electron chi connectivity index (χ0n) is 13.0. The van der Waals surface area contributed by atoms with Gasteiger partial charge in [0.25, 0.3) is 0 Å². The van der Waals surface area contributed by atoms with E-state index in [4.69, 9.17) is 16.3 Å². The highest BCUT2D eigenvalue weighted by Crippen LogP contribution is 2.22. The number of benzene rings is 2. The number of carbonyl (C=O) groups excluding carboxylic acids is 1. The molecular formula is C16H15BrClNO4S. The highest BCUT2D eigenvalue weighted by atomic mass is 79.9. The number of rotatable bonds is 5. The van der Waals surface area contributed by atoms with E-state index < -0.39 is 16.0 Å². The monoisotopic (exact) mass is 431 g/mol. The van der Waals surface area contributed by atoms with Crippen molar-refractivity contribution < 1.29 is 17.9 Å². The lowest BCUT2D eigenvalue weighted by Gasteiger charge is -2.12. The summed E-state index contributed by atoms with van der Waals surface area (Å²) in [6, 6.07) is 11.1. The Bertz CT molecular complexity index is 868. The maximum Gasteiger partial charge on any atom is 0.340 e. The highest BCUT2D eigenvalue weighted by molar-refractivity contribution is 9.10. The summed E-state index contributed by atoms with van der Waals surface area (Å²) in [6.07, 6.45) is 0. The molecule has 0 unspecified atom stereocenters. The van der Waals surface area contributed by atoms with Gasteiger partial charge < -0.3 is 4.74 Å². The van der Waals surface area contributed by atoms with Crippen molar-refractivity contribution in [2.45, 2.75) is 11.5 Å². The average molecular weight is 433 g/mol. The second kappa shape index (κ2) is 7.65. The number of hydrogen-bond donors (Lipinski definition) is 0. The van der Waals surface area contributed by atoms with E-state index in [-0.39, 0.29) is 22.1 Å². The Balaban J connectivity index is 2.15. The van der Waals surface area contributed by atoms with Gasteiger partial charge in [-0.15, -0.1) is 0 Å². The molecule has 0 atom stereocenters. The molecule has 0 fully saturated rings. The van der Waals surface area contributed by atoms with E-state index >= 15 is 0 Å². The summed E-state index contributed by atoms with van der Waals surface area (Å²) in [4.78, 5) is 12.3. The highest BCUT2D eigenvalue weighted by Gasteiger charge is 2.18. The maximum atomic E-state index is 12.1. The summed E-state index contributed by atoms with van der Waals surface area (Å²) in [7, 11) is -0.626. The van der Waals surface area contributed by atoms with Crippen LogP contribution < -0.4 is 0 Å². The van der Waals surface area contributed by atoms with Gasteiger partial charge in [0.1, 0.15) is 6.61 Å². The van der Waals surface area contributed by atoms with E-state index in [9.17, 15) is 13.2 Å². The first-order valence-electron chi connectivity index (χ1n) is 6.85. The van der Waals surface area contributed by atoms with E-state index in [1.54, 1.807) is 30.3 Å². The molecule has 0 saturated heterocycles. The van der Waals surface area contributed by atoms with Crippen molar-refractivity contribution in [3.8, 4) is 0 Å². The van der Waals surface area contributed by atoms with Gasteiger partial charge in [0.15, 0.2) is 0 Å². The van der Waals surface area contributed by atoms with Crippen LogP contribution >= 0.6 is 27.5 Å². The van der Waals surface area contributed by atoms with Gasteiger partial charge in [0, 0.05) is 18.6 Å². The molecule has 0 heterocycles. The minimum absolute atomic E-state index is 0.0571. The minimum Gasteiger partial charge on any atom is -0.457 e. The number of sulfonamides is 1. The molecule has 0 aromatic heterocycles. The van der Waals surface area contributed by atoms with Crippen LogP contribution in [0.2, 0.25) is 5.02 Å². The summed E-state index contributed by atoms with van der Waals surface area (Å²) in [6.45, 7) is -0.0571. The number of halogens is 2. The molecule has 5 nitrogen and oxygen atoms in total. The smallest absolute Gasteiger partial charge is 0.340 e. The number of carbonyl (C=O) groups is 1. The van der Waals surface area contributed by atoms with Crippen LogP contribution in [0.4, 0.5) is 0 Å². The van der Waals surface area contributed by atoms with Crippen LogP contribution in [0, 0.1) is 0 Å². The van der Waals surface area contributed by atoms with Crippen molar-refractivity contribution in [3.63, 3.8) is 0 Å². The molecule has 2 rings (SSSR count). The first-order valence-corrected chi connectivity index (χ1v) is 9.46. The molecule has 2 aromatic carbocycles. The van der Waals surface area contributed by atoms with E-state index in [0.29, 0.717) is 10.0 Å². The fraction of sp³-hybridized carbons (Fsp3) is 0.188. The fourth-order valence-electron chi connectivity index (χ4n) is 1.89. The Morgan fingerprint density at radius 1 is 1.21 bits per heavy atom. The largest absolute Gasteiger partial charge is 0.457 e. The maximum absolute atomic E-state index is 12.1. The summed E-state index contributed by atoms with van der Waals surface area (Å²) in [5, 5.41) is 0.284. The third-order valence-electron chi connectivity index (χ3n) is 3.20. The summed E-state index contributed by atoms with van der Waals surface area (Å²) >= 11 is 9.25. The van der Waals surface area contributed by atoms with E-state index in [1.165, 1.54) is 26.2 Å². The van der Waals surface area contributed by atoms with Crippen LogP contribution in [0.15, 0.2) is 51.8 Å². The summed E-state index contributed by atoms with van der Waals surface area (Å²) in [5.74, 6) is -0.581. The molecule has 0 aliphatic heterocycles. The Morgan fingerprint density at radius 2 is 1.92 bits per heavy atom. The van der Waals surface area contributed by atoms with E-state index in [0.717, 1.165) is 4.31 Å². The third-order valence-corrected chi connectivity index (χ3v) is 5.83. The molecule has 128 valence electrons. The molecule has 2 aromatic rings. The van der Waals surface area contributed by atoms with Crippen LogP contribution in [-0.4, -0.2) is 32.8 Å². The first kappa shape index (κ1) is 18.9. The normalized spacial score (nSPS) is 11.5. The lowest BCUT2D eigenvalue weighted by Crippen LogP contribution is -2.22. The van der Waals surface area contributed by atoms with Crippen molar-refractivity contribution in [1.29, 1.82) is 0 Å². The Hall–Kier alpha value is -1.41. The van der Waals surface area contributed by atoms with Crippen molar-refractivity contribution in [2.24, 2.45) is 0 Å². The van der Waals surface area contributed by atoms with Gasteiger partial charge in [-0.05, 0) is 35.9 Å². The summed E-state index contributed by atoms with van der Waals surface area (Å²) < 4.78 is 31.3. The van der Waals surface area contributed by atoms with Crippen LogP contribution in [0.5, 0.6) is 0 Å². The Morgan fingerprint density at radius 3 is 2.58 bits per heavy atom. The third kappa shape index (κ3) is 4.36. The van der Waals surface area contributed by atoms with E-state index in [2.05, 4.69) is 15.9 Å². The Labute approximate surface area is 154 Å². The van der Waals surface area contributed by atoms with Crippen LogP contribution in [0.25, 0.3) is 0 Å². The molecule has 0 N–H and O–H groups in total. The SMILES string of the molecule is CN(C)S(=O)(=O)c1cccc(COC(=O)c2cc(Br)ccc2Cl)c1. The molecule has 24 heavy (non-hydrogen) atoms. The van der Waals surface area contributed by atoms with Crippen molar-refractivity contribution in [2.75, 3.05) is 14.1 Å². The number of nitrogens with zero attached hydrogens (tertiary/aromatic N) is 1. The molecule has 0 aliphatic carbocycles. The van der Waals surface area contributed by atoms with Gasteiger partial charge >= 0.3 is 5.97 Å². The molecule has 0 aliphatic rings. The number of hydrogen-bond acceptors (Lipinski definition) is 4. The van der Waals surface area contributed by atoms with Crippen molar-refractivity contribution in [3.05, 3.63) is 63.1 Å². The average Bonchev–Trinajstić information content (AvgIpc) is 2.55.